The first-order valence-corrected chi connectivity index (χ1v) is 9.43. The summed E-state index contributed by atoms with van der Waals surface area (Å²) in [7, 11) is -1.92. The predicted molar refractivity (Wildman–Crippen MR) is 79.3 cm³/mol. The highest BCUT2D eigenvalue weighted by Crippen LogP contribution is 2.35. The third kappa shape index (κ3) is 4.20. The molecule has 1 saturated carbocycles. The van der Waals surface area contributed by atoms with Gasteiger partial charge >= 0.3 is 0 Å². The van der Waals surface area contributed by atoms with Gasteiger partial charge < -0.3 is 0 Å². The molecular weight excluding hydrogens is 318 g/mol. The van der Waals surface area contributed by atoms with Crippen LogP contribution in [0.1, 0.15) is 36.3 Å². The highest BCUT2D eigenvalue weighted by molar-refractivity contribution is 7.89. The molecule has 0 saturated heterocycles. The van der Waals surface area contributed by atoms with E-state index in [2.05, 4.69) is 4.98 Å². The van der Waals surface area contributed by atoms with E-state index >= 15 is 0 Å². The Morgan fingerprint density at radius 3 is 2.57 bits per heavy atom. The zero-order chi connectivity index (χ0) is 15.7. The Bertz CT molecular complexity index is 577. The number of aromatic nitrogens is 1. The van der Waals surface area contributed by atoms with E-state index in [4.69, 9.17) is 0 Å². The second kappa shape index (κ2) is 6.26. The third-order valence-corrected chi connectivity index (χ3v) is 6.96. The molecule has 0 atom stereocenters. The molecule has 8 heteroatoms. The van der Waals surface area contributed by atoms with Crippen molar-refractivity contribution in [1.29, 1.82) is 0 Å². The molecule has 0 amide bonds. The maximum Gasteiger partial charge on any atom is 0.248 e. The molecule has 0 bridgehead atoms. The van der Waals surface area contributed by atoms with Crippen LogP contribution >= 0.6 is 11.3 Å². The Morgan fingerprint density at radius 2 is 2.05 bits per heavy atom. The minimum Gasteiger partial charge on any atom is -0.250 e. The monoisotopic (exact) mass is 338 g/mol. The van der Waals surface area contributed by atoms with Gasteiger partial charge in [0.25, 0.3) is 0 Å². The molecule has 0 unspecified atom stereocenters. The third-order valence-electron chi connectivity index (χ3n) is 4.07. The molecule has 1 aliphatic rings. The largest absolute Gasteiger partial charge is 0.250 e. The summed E-state index contributed by atoms with van der Waals surface area (Å²) in [4.78, 5) is 5.06. The first-order valence-electron chi connectivity index (χ1n) is 6.94. The van der Waals surface area contributed by atoms with Crippen molar-refractivity contribution in [2.24, 2.45) is 0 Å². The first-order chi connectivity index (χ1) is 9.71. The van der Waals surface area contributed by atoms with Gasteiger partial charge in [0.1, 0.15) is 0 Å². The smallest absolute Gasteiger partial charge is 0.248 e. The molecule has 21 heavy (non-hydrogen) atoms. The van der Waals surface area contributed by atoms with Crippen LogP contribution in [0, 0.1) is 6.92 Å². The highest BCUT2D eigenvalue weighted by atomic mass is 32.2. The lowest BCUT2D eigenvalue weighted by Crippen LogP contribution is -2.42. The number of sulfonamides is 1. The van der Waals surface area contributed by atoms with Crippen LogP contribution in [-0.4, -0.2) is 42.5 Å². The Morgan fingerprint density at radius 1 is 1.43 bits per heavy atom. The van der Waals surface area contributed by atoms with Gasteiger partial charge in [-0.3, -0.25) is 0 Å². The average molecular weight is 338 g/mol. The molecule has 0 spiro atoms. The van der Waals surface area contributed by atoms with Gasteiger partial charge in [0.05, 0.1) is 17.0 Å². The van der Waals surface area contributed by atoms with E-state index < -0.39 is 15.9 Å². The highest BCUT2D eigenvalue weighted by Gasteiger charge is 2.38. The summed E-state index contributed by atoms with van der Waals surface area (Å²) >= 11 is 1.44. The molecule has 0 N–H and O–H groups in total. The van der Waals surface area contributed by atoms with Crippen molar-refractivity contribution < 1.29 is 17.2 Å². The van der Waals surface area contributed by atoms with Gasteiger partial charge in [-0.25, -0.2) is 26.5 Å². The van der Waals surface area contributed by atoms with Crippen LogP contribution in [0.15, 0.2) is 5.51 Å². The normalized spacial score (nSPS) is 20.0. The van der Waals surface area contributed by atoms with Gasteiger partial charge in [0, 0.05) is 30.8 Å². The van der Waals surface area contributed by atoms with Crippen LogP contribution in [0.25, 0.3) is 0 Å². The Balaban J connectivity index is 1.94. The Labute approximate surface area is 128 Å². The predicted octanol–water partition coefficient (Wildman–Crippen LogP) is 2.83. The number of halogens is 2. The number of rotatable bonds is 5. The molecule has 1 aromatic heterocycles. The molecule has 0 radical (unpaired) electrons. The summed E-state index contributed by atoms with van der Waals surface area (Å²) in [6, 6.07) is -0.308. The van der Waals surface area contributed by atoms with Crippen LogP contribution in [0.3, 0.4) is 0 Å². The zero-order valence-corrected chi connectivity index (χ0v) is 13.8. The van der Waals surface area contributed by atoms with Crippen molar-refractivity contribution in [1.82, 2.24) is 9.29 Å². The fourth-order valence-electron chi connectivity index (χ4n) is 2.55. The van der Waals surface area contributed by atoms with Gasteiger partial charge in [-0.1, -0.05) is 0 Å². The lowest BCUT2D eigenvalue weighted by molar-refractivity contribution is -0.0453. The number of hydrogen-bond donors (Lipinski definition) is 0. The summed E-state index contributed by atoms with van der Waals surface area (Å²) in [5.74, 6) is -2.64. The fraction of sp³-hybridized carbons (Fsp3) is 0.769. The molecule has 4 nitrogen and oxygen atoms in total. The molecule has 1 fully saturated rings. The first kappa shape index (κ1) is 16.8. The van der Waals surface area contributed by atoms with Crippen LogP contribution in [0.2, 0.25) is 0 Å². The maximum atomic E-state index is 13.1. The van der Waals surface area contributed by atoms with Gasteiger partial charge in [-0.05, 0) is 26.2 Å². The molecule has 2 rings (SSSR count). The fourth-order valence-corrected chi connectivity index (χ4v) is 4.87. The van der Waals surface area contributed by atoms with Crippen molar-refractivity contribution in [2.75, 3.05) is 12.8 Å². The van der Waals surface area contributed by atoms with E-state index in [1.807, 2.05) is 6.92 Å². The lowest BCUT2D eigenvalue weighted by atomic mass is 9.92. The molecule has 1 aliphatic carbocycles. The van der Waals surface area contributed by atoms with Gasteiger partial charge in [0.2, 0.25) is 15.9 Å². The summed E-state index contributed by atoms with van der Waals surface area (Å²) in [6.45, 7) is 1.85. The quantitative estimate of drug-likeness (QED) is 0.829. The van der Waals surface area contributed by atoms with Crippen molar-refractivity contribution in [3.63, 3.8) is 0 Å². The molecule has 0 aliphatic heterocycles. The summed E-state index contributed by atoms with van der Waals surface area (Å²) in [5.41, 5.74) is 2.56. The number of aryl methyl sites for hydroxylation is 2. The summed E-state index contributed by atoms with van der Waals surface area (Å²) < 4.78 is 52.2. The Kier molecular flexibility index (Phi) is 4.99. The molecule has 0 aromatic carbocycles. The van der Waals surface area contributed by atoms with Crippen LogP contribution < -0.4 is 0 Å². The minimum absolute atomic E-state index is 0.000569. The van der Waals surface area contributed by atoms with Crippen LogP contribution in [0.5, 0.6) is 0 Å². The number of thiazole rings is 1. The summed E-state index contributed by atoms with van der Waals surface area (Å²) in [5, 5.41) is 0. The van der Waals surface area contributed by atoms with E-state index in [-0.39, 0.29) is 37.5 Å². The van der Waals surface area contributed by atoms with E-state index in [0.717, 1.165) is 10.6 Å². The lowest BCUT2D eigenvalue weighted by Gasteiger charge is -2.33. The molecule has 1 heterocycles. The topological polar surface area (TPSA) is 50.3 Å². The van der Waals surface area contributed by atoms with Crippen molar-refractivity contribution >= 4 is 21.4 Å². The van der Waals surface area contributed by atoms with E-state index in [9.17, 15) is 17.2 Å². The second-order valence-electron chi connectivity index (χ2n) is 5.53. The van der Waals surface area contributed by atoms with Gasteiger partial charge in [-0.2, -0.15) is 0 Å². The van der Waals surface area contributed by atoms with E-state index in [1.165, 1.54) is 22.7 Å². The van der Waals surface area contributed by atoms with Crippen molar-refractivity contribution in [2.45, 2.75) is 51.0 Å². The summed E-state index contributed by atoms with van der Waals surface area (Å²) in [6.07, 6.45) is 0.410. The van der Waals surface area contributed by atoms with E-state index in [1.54, 1.807) is 5.51 Å². The number of hydrogen-bond acceptors (Lipinski definition) is 4. The second-order valence-corrected chi connectivity index (χ2v) is 8.62. The Hall–Kier alpha value is -0.600. The number of nitrogens with zero attached hydrogens (tertiary/aromatic N) is 2. The van der Waals surface area contributed by atoms with Gasteiger partial charge in [0.15, 0.2) is 0 Å². The molecule has 1 aromatic rings. The van der Waals surface area contributed by atoms with E-state index in [0.29, 0.717) is 6.42 Å². The SMILES string of the molecule is Cc1ncsc1CCS(=O)(=O)N(C)C1CCC(F)(F)CC1. The average Bonchev–Trinajstić information content (AvgIpc) is 2.81. The van der Waals surface area contributed by atoms with Crippen molar-refractivity contribution in [3.8, 4) is 0 Å². The number of alkyl halides is 2. The van der Waals surface area contributed by atoms with Crippen molar-refractivity contribution in [3.05, 3.63) is 16.1 Å². The standard InChI is InChI=1S/C13H20F2N2O2S2/c1-10-12(20-9-16-10)5-8-21(18,19)17(2)11-3-6-13(14,15)7-4-11/h9,11H,3-8H2,1-2H3. The molecule has 120 valence electrons. The molecular formula is C13H20F2N2O2S2. The minimum atomic E-state index is -3.42. The van der Waals surface area contributed by atoms with Gasteiger partial charge in [-0.15, -0.1) is 11.3 Å². The van der Waals surface area contributed by atoms with Crippen LogP contribution in [0.4, 0.5) is 8.78 Å². The van der Waals surface area contributed by atoms with Crippen LogP contribution in [-0.2, 0) is 16.4 Å². The maximum absolute atomic E-state index is 13.1. The zero-order valence-electron chi connectivity index (χ0n) is 12.2.